The molecule has 2 heterocycles. The number of imidazole rings is 1. The highest BCUT2D eigenvalue weighted by Gasteiger charge is 2.25. The third kappa shape index (κ3) is 5.63. The van der Waals surface area contributed by atoms with Crippen LogP contribution in [0, 0.1) is 13.8 Å². The lowest BCUT2D eigenvalue weighted by Crippen LogP contribution is -2.17. The number of hydrogen-bond acceptors (Lipinski definition) is 8. The number of aliphatic hydroxyl groups is 1. The van der Waals surface area contributed by atoms with Crippen LogP contribution in [-0.2, 0) is 33.4 Å². The van der Waals surface area contributed by atoms with Gasteiger partial charge in [-0.3, -0.25) is 9.55 Å². The molecule has 36 heavy (non-hydrogen) atoms. The van der Waals surface area contributed by atoms with Crippen molar-refractivity contribution in [1.82, 2.24) is 14.5 Å². The Labute approximate surface area is 212 Å². The van der Waals surface area contributed by atoms with E-state index in [9.17, 15) is 9.66 Å². The molecular formula is C26H29N3O6S. The molecule has 0 amide bonds. The van der Waals surface area contributed by atoms with Gasteiger partial charge in [0.15, 0.2) is 12.5 Å². The quantitative estimate of drug-likeness (QED) is 0.139. The number of hydrogen-bond donors (Lipinski definition) is 1. The highest BCUT2D eigenvalue weighted by Crippen LogP contribution is 2.29. The van der Waals surface area contributed by atoms with Crippen LogP contribution < -0.4 is 9.47 Å². The lowest BCUT2D eigenvalue weighted by Gasteiger charge is -2.15. The van der Waals surface area contributed by atoms with Crippen LogP contribution in [0.5, 0.6) is 11.5 Å². The topological polar surface area (TPSA) is 111 Å². The van der Waals surface area contributed by atoms with Crippen molar-refractivity contribution in [3.05, 3.63) is 77.1 Å². The van der Waals surface area contributed by atoms with Crippen LogP contribution in [0.4, 0.5) is 0 Å². The van der Waals surface area contributed by atoms with Crippen molar-refractivity contribution < 1.29 is 28.9 Å². The number of aromatic nitrogens is 3. The van der Waals surface area contributed by atoms with Gasteiger partial charge in [0.25, 0.3) is 0 Å². The summed E-state index contributed by atoms with van der Waals surface area (Å²) < 4.78 is 26.0. The maximum absolute atomic E-state index is 13.5. The molecule has 0 saturated carbocycles. The van der Waals surface area contributed by atoms with Gasteiger partial charge in [0.2, 0.25) is 0 Å². The van der Waals surface area contributed by atoms with Gasteiger partial charge in [0.1, 0.15) is 24.2 Å². The Morgan fingerprint density at radius 1 is 1.06 bits per heavy atom. The van der Waals surface area contributed by atoms with Gasteiger partial charge in [-0.05, 0) is 31.5 Å². The van der Waals surface area contributed by atoms with Crippen LogP contribution in [0.15, 0.2) is 59.9 Å². The second-order valence-corrected chi connectivity index (χ2v) is 9.52. The van der Waals surface area contributed by atoms with E-state index >= 15 is 0 Å². The number of aryl methyl sites for hydroxylation is 1. The van der Waals surface area contributed by atoms with E-state index in [-0.39, 0.29) is 19.1 Å². The fourth-order valence-corrected chi connectivity index (χ4v) is 5.15. The highest BCUT2D eigenvalue weighted by atomic mass is 32.2. The number of ether oxygens (including phenoxy) is 2. The molecule has 190 valence electrons. The average Bonchev–Trinajstić information content (AvgIpc) is 3.26. The van der Waals surface area contributed by atoms with Gasteiger partial charge in [-0.2, -0.15) is 4.98 Å². The molecule has 0 aliphatic rings. The zero-order valence-corrected chi connectivity index (χ0v) is 21.4. The fourth-order valence-electron chi connectivity index (χ4n) is 3.89. The number of pyridine rings is 1. The lowest BCUT2D eigenvalue weighted by molar-refractivity contribution is -0.327. The van der Waals surface area contributed by atoms with Crippen molar-refractivity contribution in [1.29, 1.82) is 0 Å². The van der Waals surface area contributed by atoms with Crippen molar-refractivity contribution in [3.63, 3.8) is 0 Å². The molecule has 2 aromatic carbocycles. The predicted octanol–water partition coefficient (Wildman–Crippen LogP) is 4.01. The van der Waals surface area contributed by atoms with Gasteiger partial charge in [0, 0.05) is 34.6 Å². The van der Waals surface area contributed by atoms with E-state index in [0.29, 0.717) is 27.6 Å². The SMILES string of the molecule is COc1ccc2nc([S@+]([O-])Cc3ncc(C)c(OC)c3C)n(COOC[C@H](O)c3ccccc3)c2c1. The average molecular weight is 512 g/mol. The fraction of sp³-hybridized carbons (Fsp3) is 0.308. The van der Waals surface area contributed by atoms with E-state index in [1.165, 1.54) is 0 Å². The molecular weight excluding hydrogens is 482 g/mol. The number of nitrogens with zero attached hydrogens (tertiary/aromatic N) is 3. The van der Waals surface area contributed by atoms with Gasteiger partial charge < -0.3 is 19.1 Å². The summed E-state index contributed by atoms with van der Waals surface area (Å²) >= 11 is -1.55. The Balaban J connectivity index is 1.55. The predicted molar refractivity (Wildman–Crippen MR) is 135 cm³/mol. The second-order valence-electron chi connectivity index (χ2n) is 8.17. The van der Waals surface area contributed by atoms with Crippen LogP contribution in [0.1, 0.15) is 28.5 Å². The van der Waals surface area contributed by atoms with E-state index < -0.39 is 17.3 Å². The van der Waals surface area contributed by atoms with Gasteiger partial charge >= 0.3 is 5.16 Å². The summed E-state index contributed by atoms with van der Waals surface area (Å²) in [7, 11) is 3.18. The maximum atomic E-state index is 13.5. The zero-order valence-electron chi connectivity index (χ0n) is 20.6. The summed E-state index contributed by atoms with van der Waals surface area (Å²) in [5.41, 5.74) is 4.44. The van der Waals surface area contributed by atoms with Crippen LogP contribution in [-0.4, -0.2) is 45.0 Å². The molecule has 1 N–H and O–H groups in total. The molecule has 0 unspecified atom stereocenters. The van der Waals surface area contributed by atoms with Crippen LogP contribution in [0.2, 0.25) is 0 Å². The Bertz CT molecular complexity index is 1310. The van der Waals surface area contributed by atoms with E-state index in [4.69, 9.17) is 19.2 Å². The number of benzene rings is 2. The summed E-state index contributed by atoms with van der Waals surface area (Å²) in [5.74, 6) is 1.50. The molecule has 4 rings (SSSR count). The Kier molecular flexibility index (Phi) is 8.44. The van der Waals surface area contributed by atoms with E-state index in [1.807, 2.05) is 32.0 Å². The molecule has 10 heteroatoms. The maximum Gasteiger partial charge on any atom is 0.326 e. The molecule has 0 spiro atoms. The summed E-state index contributed by atoms with van der Waals surface area (Å²) in [6.07, 6.45) is 0.867. The standard InChI is InChI=1S/C26H29N3O6S/c1-17-13-27-22(18(2)25(17)33-4)15-36(31)26-28-21-11-10-20(32-3)12-23(21)29(26)16-35-34-14-24(30)19-8-6-5-7-9-19/h5-13,24,30H,14-16H2,1-4H3/t24-,36+/m0/s1. The van der Waals surface area contributed by atoms with Gasteiger partial charge in [-0.25, -0.2) is 9.78 Å². The van der Waals surface area contributed by atoms with Crippen LogP contribution in [0.3, 0.4) is 0 Å². The first-order chi connectivity index (χ1) is 17.4. The molecule has 9 nitrogen and oxygen atoms in total. The van der Waals surface area contributed by atoms with Crippen molar-refractivity contribution in [2.45, 2.75) is 37.6 Å². The molecule has 2 atom stereocenters. The van der Waals surface area contributed by atoms with E-state index in [1.54, 1.807) is 55.3 Å². The second kappa shape index (κ2) is 11.7. The number of aliphatic hydroxyl groups excluding tert-OH is 1. The largest absolute Gasteiger partial charge is 0.609 e. The molecule has 0 bridgehead atoms. The first-order valence-electron chi connectivity index (χ1n) is 11.3. The normalized spacial score (nSPS) is 13.1. The molecule has 0 saturated heterocycles. The summed E-state index contributed by atoms with van der Waals surface area (Å²) in [6, 6.07) is 14.5. The third-order valence-electron chi connectivity index (χ3n) is 5.82. The van der Waals surface area contributed by atoms with Crippen LogP contribution >= 0.6 is 0 Å². The Morgan fingerprint density at radius 2 is 1.83 bits per heavy atom. The minimum atomic E-state index is -1.55. The van der Waals surface area contributed by atoms with Crippen molar-refractivity contribution in [3.8, 4) is 11.5 Å². The lowest BCUT2D eigenvalue weighted by atomic mass is 10.1. The molecule has 0 radical (unpaired) electrons. The van der Waals surface area contributed by atoms with E-state index in [0.717, 1.165) is 22.4 Å². The Hall–Kier alpha value is -3.15. The minimum absolute atomic E-state index is 0.0648. The minimum Gasteiger partial charge on any atom is -0.609 e. The van der Waals surface area contributed by atoms with Gasteiger partial charge in [-0.1, -0.05) is 30.3 Å². The molecule has 2 aromatic heterocycles. The third-order valence-corrected chi connectivity index (χ3v) is 7.07. The van der Waals surface area contributed by atoms with Crippen molar-refractivity contribution in [2.75, 3.05) is 20.8 Å². The molecule has 0 fully saturated rings. The van der Waals surface area contributed by atoms with Crippen LogP contribution in [0.25, 0.3) is 11.0 Å². The van der Waals surface area contributed by atoms with Crippen molar-refractivity contribution in [2.24, 2.45) is 0 Å². The number of fused-ring (bicyclic) bond motifs is 1. The highest BCUT2D eigenvalue weighted by molar-refractivity contribution is 7.90. The Morgan fingerprint density at radius 3 is 2.56 bits per heavy atom. The summed E-state index contributed by atoms with van der Waals surface area (Å²) in [6.45, 7) is 3.66. The number of methoxy groups -OCH3 is 2. The summed E-state index contributed by atoms with van der Waals surface area (Å²) in [5, 5.41) is 10.6. The van der Waals surface area contributed by atoms with E-state index in [2.05, 4.69) is 9.97 Å². The summed E-state index contributed by atoms with van der Waals surface area (Å²) in [4.78, 5) is 19.8. The smallest absolute Gasteiger partial charge is 0.326 e. The van der Waals surface area contributed by atoms with Gasteiger partial charge in [-0.15, -0.1) is 0 Å². The molecule has 0 aliphatic heterocycles. The zero-order chi connectivity index (χ0) is 25.7. The monoisotopic (exact) mass is 511 g/mol. The molecule has 4 aromatic rings. The number of rotatable bonds is 11. The first-order valence-corrected chi connectivity index (χ1v) is 12.6. The first kappa shape index (κ1) is 25.9. The molecule has 0 aliphatic carbocycles. The van der Waals surface area contributed by atoms with Gasteiger partial charge in [0.05, 0.1) is 30.9 Å². The van der Waals surface area contributed by atoms with Crippen molar-refractivity contribution >= 4 is 22.2 Å².